The molecule has 0 aliphatic heterocycles. The van der Waals surface area contributed by atoms with Crippen molar-refractivity contribution in [2.24, 2.45) is 0 Å². The highest BCUT2D eigenvalue weighted by Gasteiger charge is 2.17. The molecule has 41 heavy (non-hydrogen) atoms. The molecule has 0 saturated heterocycles. The Bertz CT molecular complexity index is 2130. The summed E-state index contributed by atoms with van der Waals surface area (Å²) in [6.07, 6.45) is 0. The second-order valence-electron chi connectivity index (χ2n) is 10.1. The molecule has 0 fully saturated rings. The Hall–Kier alpha value is -5.61. The van der Waals surface area contributed by atoms with E-state index in [9.17, 15) is 0 Å². The van der Waals surface area contributed by atoms with E-state index in [0.29, 0.717) is 11.5 Å². The summed E-state index contributed by atoms with van der Waals surface area (Å²) in [5.74, 6) is 0.604. The number of benzene rings is 6. The topological polar surface area (TPSA) is 42.4 Å². The highest BCUT2D eigenvalue weighted by atomic mass is 16.4. The van der Waals surface area contributed by atoms with Crippen LogP contribution in [-0.4, -0.2) is 4.98 Å². The minimum Gasteiger partial charge on any atom is -0.456 e. The SMILES string of the molecule is c1ccc(-c2ccc(N(c3ccccc3)c3ccc4oc5cc6oc(-c7ccccc7)nc6cc5c4c3)cc2)cc1. The summed E-state index contributed by atoms with van der Waals surface area (Å²) in [5, 5.41) is 2.04. The quantitative estimate of drug-likeness (QED) is 0.223. The molecule has 0 N–H and O–H groups in total. The van der Waals surface area contributed by atoms with Crippen LogP contribution < -0.4 is 4.90 Å². The number of furan rings is 1. The minimum absolute atomic E-state index is 0.604. The van der Waals surface area contributed by atoms with Crippen LogP contribution in [0, 0.1) is 0 Å². The molecule has 0 atom stereocenters. The number of hydrogen-bond donors (Lipinski definition) is 0. The second kappa shape index (κ2) is 9.54. The lowest BCUT2D eigenvalue weighted by molar-refractivity contribution is 0.617. The molecule has 0 aliphatic rings. The number of anilines is 3. The van der Waals surface area contributed by atoms with Crippen molar-refractivity contribution < 1.29 is 8.83 Å². The van der Waals surface area contributed by atoms with Crippen LogP contribution in [0.25, 0.3) is 55.6 Å². The van der Waals surface area contributed by atoms with Crippen LogP contribution in [0.4, 0.5) is 17.1 Å². The predicted molar refractivity (Wildman–Crippen MR) is 167 cm³/mol. The van der Waals surface area contributed by atoms with E-state index in [-0.39, 0.29) is 0 Å². The smallest absolute Gasteiger partial charge is 0.227 e. The van der Waals surface area contributed by atoms with Crippen molar-refractivity contribution >= 4 is 50.1 Å². The molecular weight excluding hydrogens is 504 g/mol. The lowest BCUT2D eigenvalue weighted by Gasteiger charge is -2.25. The monoisotopic (exact) mass is 528 g/mol. The lowest BCUT2D eigenvalue weighted by Crippen LogP contribution is -2.09. The van der Waals surface area contributed by atoms with Gasteiger partial charge in [-0.15, -0.1) is 0 Å². The first-order valence-electron chi connectivity index (χ1n) is 13.6. The van der Waals surface area contributed by atoms with E-state index in [1.807, 2.05) is 54.6 Å². The number of nitrogens with zero attached hydrogens (tertiary/aromatic N) is 2. The van der Waals surface area contributed by atoms with Crippen LogP contribution in [-0.2, 0) is 0 Å². The van der Waals surface area contributed by atoms with E-state index >= 15 is 0 Å². The second-order valence-corrected chi connectivity index (χ2v) is 10.1. The molecule has 0 unspecified atom stereocenters. The van der Waals surface area contributed by atoms with Crippen LogP contribution in [0.2, 0.25) is 0 Å². The van der Waals surface area contributed by atoms with E-state index < -0.39 is 0 Å². The molecule has 0 saturated carbocycles. The molecule has 8 rings (SSSR count). The summed E-state index contributed by atoms with van der Waals surface area (Å²) >= 11 is 0. The van der Waals surface area contributed by atoms with Gasteiger partial charge >= 0.3 is 0 Å². The Morgan fingerprint density at radius 2 is 1.00 bits per heavy atom. The van der Waals surface area contributed by atoms with Gasteiger partial charge in [0.2, 0.25) is 5.89 Å². The zero-order chi connectivity index (χ0) is 27.2. The zero-order valence-electron chi connectivity index (χ0n) is 22.1. The van der Waals surface area contributed by atoms with Crippen LogP contribution in [0.3, 0.4) is 0 Å². The van der Waals surface area contributed by atoms with Crippen molar-refractivity contribution in [3.05, 3.63) is 146 Å². The maximum Gasteiger partial charge on any atom is 0.227 e. The first kappa shape index (κ1) is 23.3. The number of para-hydroxylation sites is 1. The van der Waals surface area contributed by atoms with Crippen molar-refractivity contribution in [3.8, 4) is 22.6 Å². The average Bonchev–Trinajstić information content (AvgIpc) is 3.62. The highest BCUT2D eigenvalue weighted by molar-refractivity contribution is 6.10. The fourth-order valence-electron chi connectivity index (χ4n) is 5.49. The Balaban J connectivity index is 1.25. The molecule has 0 amide bonds. The standard InChI is InChI=1S/C37H24N2O2/c1-4-10-25(11-5-1)26-16-18-29(19-17-26)39(28-14-8-3-9-15-28)30-20-21-34-31(22-30)32-23-33-36(24-35(32)40-34)41-37(38-33)27-12-6-2-7-13-27/h1-24H. The van der Waals surface area contributed by atoms with Gasteiger partial charge in [0.15, 0.2) is 5.58 Å². The molecule has 8 aromatic rings. The van der Waals surface area contributed by atoms with Gasteiger partial charge in [-0.1, -0.05) is 78.9 Å². The van der Waals surface area contributed by atoms with Gasteiger partial charge in [-0.05, 0) is 71.8 Å². The molecule has 6 aromatic carbocycles. The van der Waals surface area contributed by atoms with Gasteiger partial charge in [-0.3, -0.25) is 0 Å². The maximum atomic E-state index is 6.28. The van der Waals surface area contributed by atoms with E-state index in [1.54, 1.807) is 0 Å². The van der Waals surface area contributed by atoms with Crippen LogP contribution >= 0.6 is 0 Å². The summed E-state index contributed by atoms with van der Waals surface area (Å²) in [4.78, 5) is 7.06. The van der Waals surface area contributed by atoms with Crippen LogP contribution in [0.1, 0.15) is 0 Å². The highest BCUT2D eigenvalue weighted by Crippen LogP contribution is 2.40. The fraction of sp³-hybridized carbons (Fsp3) is 0. The fourth-order valence-corrected chi connectivity index (χ4v) is 5.49. The Morgan fingerprint density at radius 3 is 1.73 bits per heavy atom. The summed E-state index contributed by atoms with van der Waals surface area (Å²) in [7, 11) is 0. The van der Waals surface area contributed by atoms with Crippen molar-refractivity contribution in [2.75, 3.05) is 4.90 Å². The van der Waals surface area contributed by atoms with Gasteiger partial charge in [-0.2, -0.15) is 0 Å². The van der Waals surface area contributed by atoms with E-state index in [0.717, 1.165) is 50.1 Å². The number of oxazole rings is 1. The normalized spacial score (nSPS) is 11.4. The molecule has 0 bridgehead atoms. The number of hydrogen-bond acceptors (Lipinski definition) is 4. The summed E-state index contributed by atoms with van der Waals surface area (Å²) < 4.78 is 12.4. The summed E-state index contributed by atoms with van der Waals surface area (Å²) in [5.41, 5.74) is 9.66. The van der Waals surface area contributed by atoms with Crippen molar-refractivity contribution in [2.45, 2.75) is 0 Å². The van der Waals surface area contributed by atoms with Crippen LogP contribution in [0.15, 0.2) is 154 Å². The third kappa shape index (κ3) is 4.14. The van der Waals surface area contributed by atoms with Crippen molar-refractivity contribution in [1.82, 2.24) is 4.98 Å². The van der Waals surface area contributed by atoms with Gasteiger partial charge in [0.05, 0.1) is 0 Å². The van der Waals surface area contributed by atoms with Crippen molar-refractivity contribution in [3.63, 3.8) is 0 Å². The lowest BCUT2D eigenvalue weighted by atomic mass is 10.0. The maximum absolute atomic E-state index is 6.28. The third-order valence-corrected chi connectivity index (χ3v) is 7.49. The van der Waals surface area contributed by atoms with Gasteiger partial charge < -0.3 is 13.7 Å². The number of aromatic nitrogens is 1. The van der Waals surface area contributed by atoms with E-state index in [4.69, 9.17) is 13.8 Å². The third-order valence-electron chi connectivity index (χ3n) is 7.49. The Labute approximate surface area is 236 Å². The van der Waals surface area contributed by atoms with Crippen molar-refractivity contribution in [1.29, 1.82) is 0 Å². The number of fused-ring (bicyclic) bond motifs is 4. The largest absolute Gasteiger partial charge is 0.456 e. The van der Waals surface area contributed by atoms with Gasteiger partial charge in [-0.25, -0.2) is 4.98 Å². The van der Waals surface area contributed by atoms with E-state index in [1.165, 1.54) is 11.1 Å². The first-order valence-corrected chi connectivity index (χ1v) is 13.6. The molecule has 194 valence electrons. The summed E-state index contributed by atoms with van der Waals surface area (Å²) in [6, 6.07) is 49.9. The van der Waals surface area contributed by atoms with E-state index in [2.05, 4.69) is 95.9 Å². The first-order chi connectivity index (χ1) is 20.3. The molecule has 0 radical (unpaired) electrons. The molecule has 0 spiro atoms. The van der Waals surface area contributed by atoms with Gasteiger partial charge in [0.25, 0.3) is 0 Å². The molecule has 2 aromatic heterocycles. The predicted octanol–water partition coefficient (Wildman–Crippen LogP) is 10.5. The average molecular weight is 529 g/mol. The Kier molecular flexibility index (Phi) is 5.42. The van der Waals surface area contributed by atoms with Gasteiger partial charge in [0, 0.05) is 39.5 Å². The minimum atomic E-state index is 0.604. The molecule has 4 nitrogen and oxygen atoms in total. The zero-order valence-corrected chi connectivity index (χ0v) is 22.1. The molecule has 4 heteroatoms. The molecule has 0 aliphatic carbocycles. The number of rotatable bonds is 5. The molecular formula is C37H24N2O2. The Morgan fingerprint density at radius 1 is 0.415 bits per heavy atom. The van der Waals surface area contributed by atoms with Gasteiger partial charge in [0.1, 0.15) is 16.7 Å². The van der Waals surface area contributed by atoms with Crippen LogP contribution in [0.5, 0.6) is 0 Å². The summed E-state index contributed by atoms with van der Waals surface area (Å²) in [6.45, 7) is 0. The molecule has 2 heterocycles.